The summed E-state index contributed by atoms with van der Waals surface area (Å²) in [6, 6.07) is 7.41. The minimum Gasteiger partial charge on any atom is -0.465 e. The summed E-state index contributed by atoms with van der Waals surface area (Å²) in [5.74, 6) is -0.0332. The van der Waals surface area contributed by atoms with Gasteiger partial charge in [0.1, 0.15) is 0 Å². The molecule has 1 aromatic carbocycles. The fourth-order valence-electron chi connectivity index (χ4n) is 4.05. The van der Waals surface area contributed by atoms with Gasteiger partial charge in [0, 0.05) is 57.4 Å². The first-order valence-electron chi connectivity index (χ1n) is 10.5. The fraction of sp³-hybridized carbons (Fsp3) is 0.571. The summed E-state index contributed by atoms with van der Waals surface area (Å²) in [5.41, 5.74) is 6.24. The monoisotopic (exact) mass is 417 g/mol. The van der Waals surface area contributed by atoms with E-state index in [1.807, 2.05) is 12.1 Å². The van der Waals surface area contributed by atoms with Crippen molar-refractivity contribution in [1.82, 2.24) is 20.7 Å². The topological polar surface area (TPSA) is 105 Å². The van der Waals surface area contributed by atoms with E-state index in [0.29, 0.717) is 24.6 Å². The maximum atomic E-state index is 12.0. The number of carboxylic acid groups (broad SMARTS) is 1. The minimum absolute atomic E-state index is 0.316. The Hall–Kier alpha value is -2.81. The van der Waals surface area contributed by atoms with E-state index < -0.39 is 6.09 Å². The Kier molecular flexibility index (Phi) is 7.51. The molecule has 0 radical (unpaired) electrons. The molecule has 0 spiro atoms. The molecule has 0 unspecified atom stereocenters. The lowest BCUT2D eigenvalue weighted by Crippen LogP contribution is -2.47. The summed E-state index contributed by atoms with van der Waals surface area (Å²) in [6.45, 7) is 7.60. The van der Waals surface area contributed by atoms with Crippen molar-refractivity contribution in [3.8, 4) is 0 Å². The SMILES string of the molecule is CC(=O)NNC(=O)c1ccc(N2CCN(CCC3CCN(C(=O)O)CC3)CC2)cc1. The first-order chi connectivity index (χ1) is 14.4. The number of amides is 3. The van der Waals surface area contributed by atoms with Crippen LogP contribution in [0.1, 0.15) is 36.5 Å². The van der Waals surface area contributed by atoms with Gasteiger partial charge in [-0.15, -0.1) is 0 Å². The van der Waals surface area contributed by atoms with Gasteiger partial charge in [-0.2, -0.15) is 0 Å². The van der Waals surface area contributed by atoms with E-state index in [4.69, 9.17) is 5.11 Å². The maximum absolute atomic E-state index is 12.0. The predicted octanol–water partition coefficient (Wildman–Crippen LogP) is 1.37. The summed E-state index contributed by atoms with van der Waals surface area (Å²) in [5, 5.41) is 9.04. The van der Waals surface area contributed by atoms with Crippen molar-refractivity contribution in [3.63, 3.8) is 0 Å². The van der Waals surface area contributed by atoms with Gasteiger partial charge in [0.25, 0.3) is 5.91 Å². The average Bonchev–Trinajstić information content (AvgIpc) is 2.77. The number of rotatable bonds is 5. The number of hydrogen-bond acceptors (Lipinski definition) is 5. The van der Waals surface area contributed by atoms with Crippen LogP contribution < -0.4 is 15.8 Å². The van der Waals surface area contributed by atoms with Crippen molar-refractivity contribution in [2.75, 3.05) is 50.7 Å². The van der Waals surface area contributed by atoms with Crippen molar-refractivity contribution < 1.29 is 19.5 Å². The van der Waals surface area contributed by atoms with Gasteiger partial charge >= 0.3 is 6.09 Å². The van der Waals surface area contributed by atoms with E-state index in [0.717, 1.165) is 57.7 Å². The molecule has 2 fully saturated rings. The van der Waals surface area contributed by atoms with Crippen LogP contribution in [0.25, 0.3) is 0 Å². The van der Waals surface area contributed by atoms with Gasteiger partial charge in [-0.3, -0.25) is 25.3 Å². The summed E-state index contributed by atoms with van der Waals surface area (Å²) < 4.78 is 0. The number of nitrogens with one attached hydrogen (secondary N) is 2. The summed E-state index contributed by atoms with van der Waals surface area (Å²) in [4.78, 5) is 40.2. The molecule has 30 heavy (non-hydrogen) atoms. The van der Waals surface area contributed by atoms with Crippen molar-refractivity contribution in [2.45, 2.75) is 26.2 Å². The van der Waals surface area contributed by atoms with Crippen molar-refractivity contribution in [3.05, 3.63) is 29.8 Å². The highest BCUT2D eigenvalue weighted by Crippen LogP contribution is 2.22. The number of nitrogens with zero attached hydrogens (tertiary/aromatic N) is 3. The van der Waals surface area contributed by atoms with Crippen LogP contribution in [-0.4, -0.2) is 78.6 Å². The largest absolute Gasteiger partial charge is 0.465 e. The standard InChI is InChI=1S/C21H31N5O4/c1-16(27)22-23-20(28)18-2-4-19(5-3-18)25-14-12-24(13-15-25)9-6-17-7-10-26(11-8-17)21(29)30/h2-5,17H,6-15H2,1H3,(H,22,27)(H,23,28)(H,29,30). The molecular weight excluding hydrogens is 386 g/mol. The van der Waals surface area contributed by atoms with E-state index in [2.05, 4.69) is 20.7 Å². The van der Waals surface area contributed by atoms with Crippen LogP contribution in [0, 0.1) is 5.92 Å². The molecule has 2 heterocycles. The molecule has 164 valence electrons. The Morgan fingerprint density at radius 3 is 2.17 bits per heavy atom. The third-order valence-corrected chi connectivity index (χ3v) is 5.96. The van der Waals surface area contributed by atoms with Crippen LogP contribution in [0.3, 0.4) is 0 Å². The number of piperazine rings is 1. The Morgan fingerprint density at radius 1 is 0.967 bits per heavy atom. The first kappa shape index (κ1) is 21.9. The molecule has 3 rings (SSSR count). The second kappa shape index (κ2) is 10.3. The van der Waals surface area contributed by atoms with Crippen LogP contribution in [0.2, 0.25) is 0 Å². The number of likely N-dealkylation sites (tertiary alicyclic amines) is 1. The van der Waals surface area contributed by atoms with Crippen molar-refractivity contribution in [2.24, 2.45) is 5.92 Å². The Morgan fingerprint density at radius 2 is 1.60 bits per heavy atom. The Bertz CT molecular complexity index is 738. The van der Waals surface area contributed by atoms with Crippen LogP contribution in [0.15, 0.2) is 24.3 Å². The molecule has 9 heteroatoms. The molecule has 2 aliphatic rings. The zero-order chi connectivity index (χ0) is 21.5. The molecule has 0 aromatic heterocycles. The summed E-state index contributed by atoms with van der Waals surface area (Å²) in [6.07, 6.45) is 2.26. The summed E-state index contributed by atoms with van der Waals surface area (Å²) in [7, 11) is 0. The molecule has 2 aliphatic heterocycles. The second-order valence-corrected chi connectivity index (χ2v) is 8.01. The normalized spacial score (nSPS) is 18.2. The van der Waals surface area contributed by atoms with E-state index in [1.54, 1.807) is 12.1 Å². The van der Waals surface area contributed by atoms with Gasteiger partial charge in [0.2, 0.25) is 5.91 Å². The number of benzene rings is 1. The Labute approximate surface area is 177 Å². The molecule has 1 aromatic rings. The molecule has 2 saturated heterocycles. The minimum atomic E-state index is -0.800. The number of piperidine rings is 1. The fourth-order valence-corrected chi connectivity index (χ4v) is 4.05. The second-order valence-electron chi connectivity index (χ2n) is 8.01. The highest BCUT2D eigenvalue weighted by molar-refractivity contribution is 5.95. The smallest absolute Gasteiger partial charge is 0.407 e. The van der Waals surface area contributed by atoms with Crippen molar-refractivity contribution in [1.29, 1.82) is 0 Å². The third kappa shape index (κ3) is 6.09. The zero-order valence-corrected chi connectivity index (χ0v) is 17.5. The molecule has 3 amide bonds. The molecule has 0 bridgehead atoms. The van der Waals surface area contributed by atoms with E-state index >= 15 is 0 Å². The molecule has 0 saturated carbocycles. The van der Waals surface area contributed by atoms with Gasteiger partial charge in [0.05, 0.1) is 0 Å². The summed E-state index contributed by atoms with van der Waals surface area (Å²) >= 11 is 0. The lowest BCUT2D eigenvalue weighted by Gasteiger charge is -2.37. The molecular formula is C21H31N5O4. The highest BCUT2D eigenvalue weighted by Gasteiger charge is 2.23. The van der Waals surface area contributed by atoms with Crippen LogP contribution >= 0.6 is 0 Å². The molecule has 0 atom stereocenters. The molecule has 9 nitrogen and oxygen atoms in total. The average molecular weight is 418 g/mol. The van der Waals surface area contributed by atoms with E-state index in [-0.39, 0.29) is 11.8 Å². The zero-order valence-electron chi connectivity index (χ0n) is 17.5. The van der Waals surface area contributed by atoms with Crippen LogP contribution in [-0.2, 0) is 4.79 Å². The van der Waals surface area contributed by atoms with Gasteiger partial charge in [0.15, 0.2) is 0 Å². The van der Waals surface area contributed by atoms with E-state index in [9.17, 15) is 14.4 Å². The molecule has 0 aliphatic carbocycles. The number of hydrazine groups is 1. The van der Waals surface area contributed by atoms with Crippen LogP contribution in [0.4, 0.5) is 10.5 Å². The van der Waals surface area contributed by atoms with Gasteiger partial charge in [-0.05, 0) is 56.0 Å². The third-order valence-electron chi connectivity index (χ3n) is 5.96. The maximum Gasteiger partial charge on any atom is 0.407 e. The Balaban J connectivity index is 1.38. The first-order valence-corrected chi connectivity index (χ1v) is 10.5. The van der Waals surface area contributed by atoms with Crippen LogP contribution in [0.5, 0.6) is 0 Å². The lowest BCUT2D eigenvalue weighted by atomic mass is 9.93. The van der Waals surface area contributed by atoms with Gasteiger partial charge in [-0.25, -0.2) is 4.79 Å². The van der Waals surface area contributed by atoms with Crippen molar-refractivity contribution >= 4 is 23.6 Å². The number of carbonyl (C=O) groups excluding carboxylic acids is 2. The lowest BCUT2D eigenvalue weighted by molar-refractivity contribution is -0.119. The molecule has 3 N–H and O–H groups in total. The number of carbonyl (C=O) groups is 3. The van der Waals surface area contributed by atoms with Gasteiger partial charge < -0.3 is 14.9 Å². The number of hydrogen-bond donors (Lipinski definition) is 3. The predicted molar refractivity (Wildman–Crippen MR) is 113 cm³/mol. The highest BCUT2D eigenvalue weighted by atomic mass is 16.4. The quantitative estimate of drug-likeness (QED) is 0.625. The van der Waals surface area contributed by atoms with Gasteiger partial charge in [-0.1, -0.05) is 0 Å². The van der Waals surface area contributed by atoms with E-state index in [1.165, 1.54) is 11.8 Å². The number of anilines is 1.